The van der Waals surface area contributed by atoms with Crippen molar-refractivity contribution in [2.75, 3.05) is 26.7 Å². The van der Waals surface area contributed by atoms with Crippen LogP contribution in [-0.2, 0) is 12.8 Å². The Hall–Kier alpha value is -3.02. The van der Waals surface area contributed by atoms with Gasteiger partial charge in [0.15, 0.2) is 0 Å². The lowest BCUT2D eigenvalue weighted by atomic mass is 9.74. The molecule has 0 radical (unpaired) electrons. The highest BCUT2D eigenvalue weighted by Gasteiger charge is 2.41. The fraction of sp³-hybridized carbons (Fsp3) is 0.400. The van der Waals surface area contributed by atoms with Crippen molar-refractivity contribution in [1.82, 2.24) is 19.8 Å². The van der Waals surface area contributed by atoms with Crippen LogP contribution in [0, 0.1) is 11.8 Å². The molecule has 0 saturated carbocycles. The second-order valence-corrected chi connectivity index (χ2v) is 10.9. The number of aromatic amines is 2. The van der Waals surface area contributed by atoms with E-state index in [2.05, 4.69) is 69.8 Å². The summed E-state index contributed by atoms with van der Waals surface area (Å²) < 4.78 is 0. The molecule has 0 unspecified atom stereocenters. The van der Waals surface area contributed by atoms with Gasteiger partial charge in [0.1, 0.15) is 5.75 Å². The molecule has 1 saturated heterocycles. The smallest absolute Gasteiger partial charge is 0.139 e. The maximum Gasteiger partial charge on any atom is 0.139 e. The van der Waals surface area contributed by atoms with Crippen molar-refractivity contribution in [2.24, 2.45) is 11.8 Å². The van der Waals surface area contributed by atoms with Crippen LogP contribution in [0.25, 0.3) is 21.8 Å². The summed E-state index contributed by atoms with van der Waals surface area (Å²) in [6, 6.07) is 15.5. The number of hydrogen-bond acceptors (Lipinski definition) is 3. The molecule has 2 aromatic heterocycles. The predicted octanol–water partition coefficient (Wildman–Crippen LogP) is 5.70. The molecule has 180 valence electrons. The summed E-state index contributed by atoms with van der Waals surface area (Å²) in [6.45, 7) is 7.51. The Balaban J connectivity index is 1.24. The Morgan fingerprint density at radius 3 is 2.69 bits per heavy atom. The van der Waals surface area contributed by atoms with E-state index < -0.39 is 0 Å². The fourth-order valence-electron chi connectivity index (χ4n) is 7.35. The average molecular weight is 467 g/mol. The van der Waals surface area contributed by atoms with Crippen LogP contribution in [-0.4, -0.2) is 51.6 Å². The number of piperidine rings is 1. The largest absolute Gasteiger partial charge is 0.506 e. The maximum absolute atomic E-state index is 10.5. The topological polar surface area (TPSA) is 58.3 Å². The first-order valence-corrected chi connectivity index (χ1v) is 13.1. The van der Waals surface area contributed by atoms with Gasteiger partial charge in [-0.25, -0.2) is 0 Å². The fourth-order valence-corrected chi connectivity index (χ4v) is 7.35. The van der Waals surface area contributed by atoms with Crippen molar-refractivity contribution >= 4 is 21.8 Å². The number of H-pyrrole nitrogens is 2. The summed E-state index contributed by atoms with van der Waals surface area (Å²) in [5, 5.41) is 13.1. The van der Waals surface area contributed by atoms with Gasteiger partial charge in [-0.3, -0.25) is 9.80 Å². The molecular formula is C30H34N4O. The predicted molar refractivity (Wildman–Crippen MR) is 142 cm³/mol. The molecule has 0 spiro atoms. The molecule has 5 heterocycles. The number of para-hydroxylation sites is 2. The van der Waals surface area contributed by atoms with E-state index in [-0.39, 0.29) is 0 Å². The van der Waals surface area contributed by atoms with Crippen molar-refractivity contribution < 1.29 is 5.11 Å². The second kappa shape index (κ2) is 8.00. The Morgan fingerprint density at radius 1 is 1.00 bits per heavy atom. The number of phenolic OH excluding ortho intramolecular Hbond substituents is 1. The lowest BCUT2D eigenvalue weighted by Gasteiger charge is -2.47. The normalized spacial score (nSPS) is 27.0. The molecule has 4 aromatic rings. The van der Waals surface area contributed by atoms with Crippen LogP contribution in [0.4, 0.5) is 0 Å². The van der Waals surface area contributed by atoms with Gasteiger partial charge < -0.3 is 15.1 Å². The van der Waals surface area contributed by atoms with Crippen molar-refractivity contribution in [3.63, 3.8) is 0 Å². The number of phenols is 1. The summed E-state index contributed by atoms with van der Waals surface area (Å²) in [7, 11) is 2.29. The molecule has 5 heteroatoms. The van der Waals surface area contributed by atoms with E-state index in [1.165, 1.54) is 38.8 Å². The van der Waals surface area contributed by atoms with Gasteiger partial charge in [-0.2, -0.15) is 0 Å². The summed E-state index contributed by atoms with van der Waals surface area (Å²) in [5.41, 5.74) is 7.83. The average Bonchev–Trinajstić information content (AvgIpc) is 3.45. The van der Waals surface area contributed by atoms with Crippen LogP contribution in [0.1, 0.15) is 47.4 Å². The number of likely N-dealkylation sites (N-methyl/N-ethyl adjacent to an activating group) is 1. The minimum absolute atomic E-state index is 0.356. The summed E-state index contributed by atoms with van der Waals surface area (Å²) in [5.74, 6) is 1.41. The quantitative estimate of drug-likeness (QED) is 0.340. The molecule has 0 amide bonds. The number of aromatic hydroxyl groups is 1. The molecule has 2 aromatic carbocycles. The molecule has 0 aliphatic carbocycles. The summed E-state index contributed by atoms with van der Waals surface area (Å²) in [6.07, 6.45) is 6.62. The van der Waals surface area contributed by atoms with Gasteiger partial charge >= 0.3 is 0 Å². The van der Waals surface area contributed by atoms with E-state index in [0.717, 1.165) is 50.8 Å². The van der Waals surface area contributed by atoms with Gasteiger partial charge in [-0.15, -0.1) is 6.58 Å². The first-order valence-electron chi connectivity index (χ1n) is 13.1. The van der Waals surface area contributed by atoms with Gasteiger partial charge in [0.2, 0.25) is 0 Å². The zero-order valence-corrected chi connectivity index (χ0v) is 20.4. The molecule has 3 aliphatic heterocycles. The molecule has 0 bridgehead atoms. The molecule has 1 fully saturated rings. The van der Waals surface area contributed by atoms with E-state index in [9.17, 15) is 5.11 Å². The van der Waals surface area contributed by atoms with Crippen molar-refractivity contribution in [2.45, 2.75) is 37.8 Å². The van der Waals surface area contributed by atoms with E-state index in [4.69, 9.17) is 0 Å². The van der Waals surface area contributed by atoms with Crippen LogP contribution < -0.4 is 0 Å². The third-order valence-electron chi connectivity index (χ3n) is 9.21. The molecule has 3 aliphatic rings. The highest BCUT2D eigenvalue weighted by Crippen LogP contribution is 2.47. The summed E-state index contributed by atoms with van der Waals surface area (Å²) >= 11 is 0. The van der Waals surface area contributed by atoms with Crippen LogP contribution in [0.15, 0.2) is 55.1 Å². The second-order valence-electron chi connectivity index (χ2n) is 10.9. The molecule has 7 rings (SSSR count). The number of aromatic nitrogens is 2. The number of nitrogens with one attached hydrogen (secondary N) is 2. The minimum Gasteiger partial charge on any atom is -0.506 e. The highest BCUT2D eigenvalue weighted by molar-refractivity contribution is 5.89. The van der Waals surface area contributed by atoms with Crippen LogP contribution in [0.5, 0.6) is 5.75 Å². The standard InChI is InChI=1S/C30H34N4O/c1-3-18-17-34-14-12-23-21-8-6-10-27(35)30(21)32-29(23)26(34)16-19(18)15-25-28-22(11-13-33(25)2)20-7-4-5-9-24(20)31-28/h3-10,18-19,25-26,31-32,35H,1,11-17H2,2H3/t18-,19-,25-,26-/m0/s1. The van der Waals surface area contributed by atoms with Gasteiger partial charge in [0.25, 0.3) is 0 Å². The Labute approximate surface area is 206 Å². The number of benzene rings is 2. The Morgan fingerprint density at radius 2 is 1.80 bits per heavy atom. The van der Waals surface area contributed by atoms with Crippen molar-refractivity contribution in [3.8, 4) is 5.75 Å². The number of hydrogen-bond donors (Lipinski definition) is 3. The summed E-state index contributed by atoms with van der Waals surface area (Å²) in [4.78, 5) is 12.7. The first-order chi connectivity index (χ1) is 17.1. The van der Waals surface area contributed by atoms with E-state index in [0.29, 0.717) is 29.7 Å². The van der Waals surface area contributed by atoms with E-state index in [1.54, 1.807) is 6.07 Å². The van der Waals surface area contributed by atoms with Crippen LogP contribution >= 0.6 is 0 Å². The number of fused-ring (bicyclic) bond motifs is 8. The zero-order chi connectivity index (χ0) is 23.7. The third-order valence-corrected chi connectivity index (χ3v) is 9.21. The monoisotopic (exact) mass is 466 g/mol. The van der Waals surface area contributed by atoms with Gasteiger partial charge in [-0.1, -0.05) is 36.4 Å². The number of nitrogens with zero attached hydrogens (tertiary/aromatic N) is 2. The maximum atomic E-state index is 10.5. The first kappa shape index (κ1) is 21.3. The van der Waals surface area contributed by atoms with E-state index in [1.807, 2.05) is 6.07 Å². The van der Waals surface area contributed by atoms with Crippen molar-refractivity contribution in [1.29, 1.82) is 0 Å². The zero-order valence-electron chi connectivity index (χ0n) is 20.4. The number of rotatable bonds is 3. The molecule has 35 heavy (non-hydrogen) atoms. The van der Waals surface area contributed by atoms with Crippen LogP contribution in [0.2, 0.25) is 0 Å². The molecule has 4 atom stereocenters. The SMILES string of the molecule is C=C[C@H]1CN2CCc3c([nH]c4c(O)cccc34)[C@@H]2C[C@@H]1C[C@H]1c2[nH]c3ccccc3c2CCN1C. The van der Waals surface area contributed by atoms with E-state index >= 15 is 0 Å². The van der Waals surface area contributed by atoms with Crippen LogP contribution in [0.3, 0.4) is 0 Å². The van der Waals surface area contributed by atoms with Gasteiger partial charge in [0, 0.05) is 47.3 Å². The van der Waals surface area contributed by atoms with Gasteiger partial charge in [0.05, 0.1) is 17.6 Å². The van der Waals surface area contributed by atoms with Crippen molar-refractivity contribution in [3.05, 3.63) is 77.6 Å². The third kappa shape index (κ3) is 3.21. The minimum atomic E-state index is 0.356. The van der Waals surface area contributed by atoms with Gasteiger partial charge in [-0.05, 0) is 67.8 Å². The lowest BCUT2D eigenvalue weighted by Crippen LogP contribution is -2.46. The molecular weight excluding hydrogens is 432 g/mol. The Bertz CT molecular complexity index is 1430. The molecule has 5 nitrogen and oxygen atoms in total. The lowest BCUT2D eigenvalue weighted by molar-refractivity contribution is 0.0515. The molecule has 3 N–H and O–H groups in total. The Kier molecular flexibility index (Phi) is 4.87. The highest BCUT2D eigenvalue weighted by atomic mass is 16.3.